The lowest BCUT2D eigenvalue weighted by Crippen LogP contribution is -2.45. The van der Waals surface area contributed by atoms with Crippen LogP contribution in [-0.4, -0.2) is 32.8 Å². The number of rotatable bonds is 3. The number of carbonyl (C=O) groups is 1. The van der Waals surface area contributed by atoms with E-state index in [-0.39, 0.29) is 12.1 Å². The average Bonchev–Trinajstić information content (AvgIpc) is 3.37. The van der Waals surface area contributed by atoms with Gasteiger partial charge in [0.25, 0.3) is 0 Å². The van der Waals surface area contributed by atoms with Gasteiger partial charge in [0.15, 0.2) is 0 Å². The fourth-order valence-electron chi connectivity index (χ4n) is 4.45. The molecule has 2 amide bonds. The number of urea groups is 1. The maximum absolute atomic E-state index is 13.0. The fourth-order valence-corrected chi connectivity index (χ4v) is 4.45. The third-order valence-corrected chi connectivity index (χ3v) is 5.84. The second kappa shape index (κ2) is 6.01. The van der Waals surface area contributed by atoms with Crippen LogP contribution in [0.4, 0.5) is 10.5 Å². The van der Waals surface area contributed by atoms with E-state index >= 15 is 0 Å². The predicted molar refractivity (Wildman–Crippen MR) is 102 cm³/mol. The smallest absolute Gasteiger partial charge is 0.315 e. The Hall–Kier alpha value is -2.56. The van der Waals surface area contributed by atoms with Crippen LogP contribution in [-0.2, 0) is 7.05 Å². The van der Waals surface area contributed by atoms with E-state index in [0.717, 1.165) is 30.6 Å². The number of amides is 2. The number of anilines is 1. The first-order valence-corrected chi connectivity index (χ1v) is 9.58. The van der Waals surface area contributed by atoms with Crippen molar-refractivity contribution < 1.29 is 4.79 Å². The summed E-state index contributed by atoms with van der Waals surface area (Å²) < 4.78 is 1.81. The molecule has 2 aliphatic heterocycles. The van der Waals surface area contributed by atoms with E-state index in [4.69, 9.17) is 0 Å². The molecule has 2 fully saturated rings. The Labute approximate surface area is 153 Å². The summed E-state index contributed by atoms with van der Waals surface area (Å²) in [6.07, 6.45) is 9.66. The van der Waals surface area contributed by atoms with E-state index in [2.05, 4.69) is 45.7 Å². The molecule has 1 aliphatic carbocycles. The molecule has 0 spiro atoms. The molecule has 2 aromatic rings. The van der Waals surface area contributed by atoms with Crippen LogP contribution in [0.25, 0.3) is 5.57 Å². The first-order valence-electron chi connectivity index (χ1n) is 9.58. The maximum atomic E-state index is 13.0. The summed E-state index contributed by atoms with van der Waals surface area (Å²) in [5.74, 6) is 0.522. The molecule has 5 heteroatoms. The van der Waals surface area contributed by atoms with Crippen LogP contribution in [0.15, 0.2) is 42.6 Å². The van der Waals surface area contributed by atoms with Gasteiger partial charge in [0.05, 0.1) is 17.4 Å². The Morgan fingerprint density at radius 3 is 2.69 bits per heavy atom. The van der Waals surface area contributed by atoms with Crippen molar-refractivity contribution in [1.82, 2.24) is 14.7 Å². The molecule has 134 valence electrons. The molecule has 2 bridgehead atoms. The zero-order chi connectivity index (χ0) is 17.7. The van der Waals surface area contributed by atoms with Crippen molar-refractivity contribution in [2.45, 2.75) is 50.1 Å². The molecule has 2 atom stereocenters. The summed E-state index contributed by atoms with van der Waals surface area (Å²) in [7, 11) is 1.92. The van der Waals surface area contributed by atoms with Gasteiger partial charge in [-0.25, -0.2) is 4.79 Å². The standard InChI is InChI=1S/C21H24N4O/c1-24-13-19(20(23-24)15-7-8-15)22-21(26)25-17-9-10-18(25)12-16(11-17)14-5-3-2-4-6-14/h2-6,11,13,15,17-18H,7-10,12H2,1H3,(H,22,26)/t17-,18-/m1/s1. The number of nitrogens with one attached hydrogen (secondary N) is 1. The topological polar surface area (TPSA) is 50.2 Å². The lowest BCUT2D eigenvalue weighted by Gasteiger charge is -2.34. The van der Waals surface area contributed by atoms with E-state index in [1.54, 1.807) is 0 Å². The Morgan fingerprint density at radius 2 is 1.96 bits per heavy atom. The molecule has 1 aromatic carbocycles. The highest BCUT2D eigenvalue weighted by Gasteiger charge is 2.40. The van der Waals surface area contributed by atoms with E-state index in [1.165, 1.54) is 24.0 Å². The third-order valence-electron chi connectivity index (χ3n) is 5.84. The second-order valence-corrected chi connectivity index (χ2v) is 7.77. The third kappa shape index (κ3) is 2.71. The van der Waals surface area contributed by atoms with Crippen molar-refractivity contribution in [3.05, 3.63) is 53.9 Å². The van der Waals surface area contributed by atoms with Gasteiger partial charge in [0.2, 0.25) is 0 Å². The Bertz CT molecular complexity index is 865. The van der Waals surface area contributed by atoms with E-state index in [9.17, 15) is 4.79 Å². The first-order chi connectivity index (χ1) is 12.7. The lowest BCUT2D eigenvalue weighted by atomic mass is 9.95. The molecule has 0 unspecified atom stereocenters. The van der Waals surface area contributed by atoms with Crippen molar-refractivity contribution in [3.63, 3.8) is 0 Å². The van der Waals surface area contributed by atoms with E-state index in [0.29, 0.717) is 12.0 Å². The van der Waals surface area contributed by atoms with Gasteiger partial charge in [-0.15, -0.1) is 0 Å². The number of hydrogen-bond donors (Lipinski definition) is 1. The molecular formula is C21H24N4O. The maximum Gasteiger partial charge on any atom is 0.322 e. The first kappa shape index (κ1) is 15.7. The molecule has 3 aliphatic rings. The molecule has 1 saturated carbocycles. The van der Waals surface area contributed by atoms with Crippen LogP contribution in [0.2, 0.25) is 0 Å². The van der Waals surface area contributed by atoms with Gasteiger partial charge in [-0.3, -0.25) is 4.68 Å². The minimum Gasteiger partial charge on any atom is -0.315 e. The normalized spacial score (nSPS) is 24.5. The molecule has 5 nitrogen and oxygen atoms in total. The molecule has 1 aromatic heterocycles. The molecule has 1 saturated heterocycles. The van der Waals surface area contributed by atoms with Crippen LogP contribution in [0.1, 0.15) is 49.3 Å². The average molecular weight is 348 g/mol. The number of fused-ring (bicyclic) bond motifs is 2. The highest BCUT2D eigenvalue weighted by Crippen LogP contribution is 2.43. The molecular weight excluding hydrogens is 324 g/mol. The summed E-state index contributed by atoms with van der Waals surface area (Å²) in [6.45, 7) is 0. The molecule has 1 N–H and O–H groups in total. The summed E-state index contributed by atoms with van der Waals surface area (Å²) in [6, 6.07) is 11.1. The lowest BCUT2D eigenvalue weighted by molar-refractivity contribution is 0.193. The number of benzene rings is 1. The van der Waals surface area contributed by atoms with Gasteiger partial charge in [-0.1, -0.05) is 36.4 Å². The number of aromatic nitrogens is 2. The molecule has 26 heavy (non-hydrogen) atoms. The van der Waals surface area contributed by atoms with Crippen LogP contribution >= 0.6 is 0 Å². The van der Waals surface area contributed by atoms with Crippen LogP contribution in [0, 0.1) is 0 Å². The van der Waals surface area contributed by atoms with E-state index < -0.39 is 0 Å². The summed E-state index contributed by atoms with van der Waals surface area (Å²) in [4.78, 5) is 15.1. The van der Waals surface area contributed by atoms with Crippen molar-refractivity contribution >= 4 is 17.3 Å². The largest absolute Gasteiger partial charge is 0.322 e. The van der Waals surface area contributed by atoms with Crippen molar-refractivity contribution in [1.29, 1.82) is 0 Å². The summed E-state index contributed by atoms with van der Waals surface area (Å²) in [5, 5.41) is 7.70. The Kier molecular flexibility index (Phi) is 3.62. The van der Waals surface area contributed by atoms with Gasteiger partial charge in [0.1, 0.15) is 0 Å². The van der Waals surface area contributed by atoms with Gasteiger partial charge in [-0.05, 0) is 43.2 Å². The number of nitrogens with zero attached hydrogens (tertiary/aromatic N) is 3. The monoisotopic (exact) mass is 348 g/mol. The quantitative estimate of drug-likeness (QED) is 0.906. The van der Waals surface area contributed by atoms with Crippen LogP contribution in [0.5, 0.6) is 0 Å². The molecule has 3 heterocycles. The van der Waals surface area contributed by atoms with Crippen LogP contribution < -0.4 is 5.32 Å². The number of hydrogen-bond acceptors (Lipinski definition) is 2. The zero-order valence-corrected chi connectivity index (χ0v) is 15.1. The predicted octanol–water partition coefficient (Wildman–Crippen LogP) is 4.15. The fraction of sp³-hybridized carbons (Fsp3) is 0.429. The number of carbonyl (C=O) groups excluding carboxylic acids is 1. The van der Waals surface area contributed by atoms with Crippen molar-refractivity contribution in [3.8, 4) is 0 Å². The van der Waals surface area contributed by atoms with E-state index in [1.807, 2.05) is 24.0 Å². The van der Waals surface area contributed by atoms with Gasteiger partial charge >= 0.3 is 6.03 Å². The van der Waals surface area contributed by atoms with Gasteiger partial charge < -0.3 is 10.2 Å². The zero-order valence-electron chi connectivity index (χ0n) is 15.1. The highest BCUT2D eigenvalue weighted by atomic mass is 16.2. The minimum atomic E-state index is 0.0239. The molecule has 5 rings (SSSR count). The minimum absolute atomic E-state index is 0.0239. The highest BCUT2D eigenvalue weighted by molar-refractivity contribution is 5.91. The number of aryl methyl sites for hydroxylation is 1. The van der Waals surface area contributed by atoms with Gasteiger partial charge in [0, 0.05) is 25.2 Å². The summed E-state index contributed by atoms with van der Waals surface area (Å²) in [5.41, 5.74) is 4.60. The molecule has 0 radical (unpaired) electrons. The van der Waals surface area contributed by atoms with Crippen molar-refractivity contribution in [2.75, 3.05) is 5.32 Å². The SMILES string of the molecule is Cn1cc(NC(=O)N2[C@@H]3CC[C@@H]2C=C(c2ccccc2)C3)c(C2CC2)n1. The second-order valence-electron chi connectivity index (χ2n) is 7.77. The van der Waals surface area contributed by atoms with Crippen LogP contribution in [0.3, 0.4) is 0 Å². The van der Waals surface area contributed by atoms with Crippen molar-refractivity contribution in [2.24, 2.45) is 7.05 Å². The summed E-state index contributed by atoms with van der Waals surface area (Å²) >= 11 is 0. The Morgan fingerprint density at radius 1 is 1.15 bits per heavy atom. The van der Waals surface area contributed by atoms with Gasteiger partial charge in [-0.2, -0.15) is 5.10 Å². The Balaban J connectivity index is 1.36.